The molecular formula is C25H23NO4. The molecule has 30 heavy (non-hydrogen) atoms. The summed E-state index contributed by atoms with van der Waals surface area (Å²) in [4.78, 5) is 13.0. The fourth-order valence-corrected chi connectivity index (χ4v) is 3.46. The molecule has 0 amide bonds. The van der Waals surface area contributed by atoms with Crippen molar-refractivity contribution in [2.45, 2.75) is 13.2 Å². The highest BCUT2D eigenvalue weighted by molar-refractivity contribution is 5.99. The predicted octanol–water partition coefficient (Wildman–Crippen LogP) is 5.12. The van der Waals surface area contributed by atoms with E-state index in [0.717, 1.165) is 22.2 Å². The quantitative estimate of drug-likeness (QED) is 0.385. The van der Waals surface area contributed by atoms with Crippen molar-refractivity contribution < 1.29 is 19.0 Å². The molecule has 4 aromatic rings. The number of nitrogens with zero attached hydrogens (tertiary/aromatic N) is 1. The van der Waals surface area contributed by atoms with Gasteiger partial charge in [0.1, 0.15) is 23.9 Å². The van der Waals surface area contributed by atoms with Gasteiger partial charge in [-0.05, 0) is 35.9 Å². The molecule has 0 spiro atoms. The van der Waals surface area contributed by atoms with Crippen molar-refractivity contribution in [1.29, 1.82) is 0 Å². The zero-order valence-corrected chi connectivity index (χ0v) is 17.0. The van der Waals surface area contributed by atoms with Gasteiger partial charge in [-0.25, -0.2) is 0 Å². The summed E-state index contributed by atoms with van der Waals surface area (Å²) in [6.07, 6.45) is 1.91. The number of fused-ring (bicyclic) bond motifs is 1. The lowest BCUT2D eigenvalue weighted by molar-refractivity contribution is 0.0970. The molecule has 152 valence electrons. The summed E-state index contributed by atoms with van der Waals surface area (Å²) in [7, 11) is 3.13. The number of carbonyl (C=O) groups excluding carboxylic acids is 1. The van der Waals surface area contributed by atoms with Crippen molar-refractivity contribution in [1.82, 2.24) is 4.57 Å². The number of aromatic nitrogens is 1. The Bertz CT molecular complexity index is 1160. The fourth-order valence-electron chi connectivity index (χ4n) is 3.46. The summed E-state index contributed by atoms with van der Waals surface area (Å²) in [6, 6.07) is 23.1. The van der Waals surface area contributed by atoms with Gasteiger partial charge >= 0.3 is 0 Å². The lowest BCUT2D eigenvalue weighted by Gasteiger charge is -2.11. The zero-order chi connectivity index (χ0) is 20.9. The minimum Gasteiger partial charge on any atom is -0.497 e. The number of ketones is 1. The molecule has 4 rings (SSSR count). The van der Waals surface area contributed by atoms with Gasteiger partial charge in [-0.3, -0.25) is 4.79 Å². The van der Waals surface area contributed by atoms with Crippen LogP contribution in [0.2, 0.25) is 0 Å². The van der Waals surface area contributed by atoms with Crippen LogP contribution >= 0.6 is 0 Å². The minimum absolute atomic E-state index is 0.0392. The highest BCUT2D eigenvalue weighted by Gasteiger charge is 2.16. The Morgan fingerprint density at radius 2 is 1.70 bits per heavy atom. The first kappa shape index (κ1) is 19.6. The lowest BCUT2D eigenvalue weighted by atomic mass is 10.1. The van der Waals surface area contributed by atoms with Crippen LogP contribution in [0.15, 0.2) is 79.0 Å². The topological polar surface area (TPSA) is 49.7 Å². The number of carbonyl (C=O) groups is 1. The Kier molecular flexibility index (Phi) is 5.70. The van der Waals surface area contributed by atoms with E-state index in [4.69, 9.17) is 14.2 Å². The first-order valence-electron chi connectivity index (χ1n) is 9.69. The van der Waals surface area contributed by atoms with Gasteiger partial charge in [0.2, 0.25) is 0 Å². The molecule has 0 aliphatic carbocycles. The Labute approximate surface area is 175 Å². The SMILES string of the molecule is COc1ccc(C(=O)Cn2ccc3c(OCc4ccccc4)cccc32)c(OC)c1. The number of methoxy groups -OCH3 is 2. The molecule has 0 atom stereocenters. The average Bonchev–Trinajstić information content (AvgIpc) is 3.21. The molecule has 3 aromatic carbocycles. The third-order valence-corrected chi connectivity index (χ3v) is 5.03. The van der Waals surface area contributed by atoms with Crippen LogP contribution in [0.25, 0.3) is 10.9 Å². The molecule has 0 saturated carbocycles. The zero-order valence-electron chi connectivity index (χ0n) is 17.0. The van der Waals surface area contributed by atoms with Crippen LogP contribution in [0.5, 0.6) is 17.2 Å². The van der Waals surface area contributed by atoms with Gasteiger partial charge in [0.15, 0.2) is 5.78 Å². The summed E-state index contributed by atoms with van der Waals surface area (Å²) < 4.78 is 18.6. The van der Waals surface area contributed by atoms with Crippen molar-refractivity contribution in [2.24, 2.45) is 0 Å². The first-order chi connectivity index (χ1) is 14.7. The van der Waals surface area contributed by atoms with Gasteiger partial charge in [-0.15, -0.1) is 0 Å². The monoisotopic (exact) mass is 401 g/mol. The molecule has 1 aromatic heterocycles. The maximum Gasteiger partial charge on any atom is 0.186 e. The summed E-state index contributed by atoms with van der Waals surface area (Å²) in [5, 5.41) is 0.975. The van der Waals surface area contributed by atoms with E-state index in [0.29, 0.717) is 23.7 Å². The largest absolute Gasteiger partial charge is 0.497 e. The van der Waals surface area contributed by atoms with Crippen molar-refractivity contribution in [2.75, 3.05) is 14.2 Å². The molecule has 0 saturated heterocycles. The second-order valence-corrected chi connectivity index (χ2v) is 6.90. The molecule has 0 bridgehead atoms. The number of hydrogen-bond acceptors (Lipinski definition) is 4. The van der Waals surface area contributed by atoms with Crippen LogP contribution in [0.1, 0.15) is 15.9 Å². The van der Waals surface area contributed by atoms with Gasteiger partial charge in [-0.1, -0.05) is 36.4 Å². The van der Waals surface area contributed by atoms with E-state index in [1.54, 1.807) is 32.4 Å². The molecule has 0 aliphatic rings. The second-order valence-electron chi connectivity index (χ2n) is 6.90. The minimum atomic E-state index is -0.0392. The van der Waals surface area contributed by atoms with Gasteiger partial charge in [-0.2, -0.15) is 0 Å². The molecule has 0 radical (unpaired) electrons. The second kappa shape index (κ2) is 8.74. The smallest absolute Gasteiger partial charge is 0.186 e. The Hall–Kier alpha value is -3.73. The summed E-state index contributed by atoms with van der Waals surface area (Å²) in [5.74, 6) is 1.91. The van der Waals surface area contributed by atoms with E-state index >= 15 is 0 Å². The van der Waals surface area contributed by atoms with E-state index in [9.17, 15) is 4.79 Å². The van der Waals surface area contributed by atoms with E-state index in [1.807, 2.05) is 65.4 Å². The van der Waals surface area contributed by atoms with Crippen LogP contribution in [-0.4, -0.2) is 24.6 Å². The molecule has 0 aliphatic heterocycles. The number of hydrogen-bond donors (Lipinski definition) is 0. The standard InChI is InChI=1S/C25H23NO4/c1-28-19-11-12-21(25(15-19)29-2)23(27)16-26-14-13-20-22(26)9-6-10-24(20)30-17-18-7-4-3-5-8-18/h3-15H,16-17H2,1-2H3. The van der Waals surface area contributed by atoms with Gasteiger partial charge in [0.05, 0.1) is 31.8 Å². The molecule has 5 nitrogen and oxygen atoms in total. The number of ether oxygens (including phenoxy) is 3. The van der Waals surface area contributed by atoms with Crippen LogP contribution in [0, 0.1) is 0 Å². The predicted molar refractivity (Wildman–Crippen MR) is 117 cm³/mol. The van der Waals surface area contributed by atoms with E-state index < -0.39 is 0 Å². The number of rotatable bonds is 8. The molecule has 0 N–H and O–H groups in total. The van der Waals surface area contributed by atoms with Crippen molar-refractivity contribution in [3.63, 3.8) is 0 Å². The summed E-state index contributed by atoms with van der Waals surface area (Å²) in [5.41, 5.74) is 2.58. The summed E-state index contributed by atoms with van der Waals surface area (Å²) >= 11 is 0. The highest BCUT2D eigenvalue weighted by atomic mass is 16.5. The lowest BCUT2D eigenvalue weighted by Crippen LogP contribution is -2.11. The fraction of sp³-hybridized carbons (Fsp3) is 0.160. The van der Waals surface area contributed by atoms with Crippen LogP contribution in [0.3, 0.4) is 0 Å². The van der Waals surface area contributed by atoms with Gasteiger partial charge in [0.25, 0.3) is 0 Å². The van der Waals surface area contributed by atoms with E-state index in [2.05, 4.69) is 0 Å². The summed E-state index contributed by atoms with van der Waals surface area (Å²) in [6.45, 7) is 0.696. The maximum atomic E-state index is 13.0. The third-order valence-electron chi connectivity index (χ3n) is 5.03. The molecule has 1 heterocycles. The van der Waals surface area contributed by atoms with Crippen molar-refractivity contribution in [3.8, 4) is 17.2 Å². The average molecular weight is 401 g/mol. The Morgan fingerprint density at radius 3 is 2.47 bits per heavy atom. The molecule has 5 heteroatoms. The van der Waals surface area contributed by atoms with Gasteiger partial charge in [0, 0.05) is 17.6 Å². The van der Waals surface area contributed by atoms with Crippen LogP contribution in [0.4, 0.5) is 0 Å². The van der Waals surface area contributed by atoms with E-state index in [-0.39, 0.29) is 12.3 Å². The maximum absolute atomic E-state index is 13.0. The number of Topliss-reactive ketones (excluding diaryl/α,β-unsaturated/α-hetero) is 1. The van der Waals surface area contributed by atoms with Crippen molar-refractivity contribution >= 4 is 16.7 Å². The highest BCUT2D eigenvalue weighted by Crippen LogP contribution is 2.29. The Balaban J connectivity index is 1.56. The first-order valence-corrected chi connectivity index (χ1v) is 9.69. The van der Waals surface area contributed by atoms with E-state index in [1.165, 1.54) is 0 Å². The van der Waals surface area contributed by atoms with Crippen LogP contribution in [-0.2, 0) is 13.2 Å². The molecule has 0 fully saturated rings. The third kappa shape index (κ3) is 4.01. The number of benzene rings is 3. The molecular weight excluding hydrogens is 378 g/mol. The Morgan fingerprint density at radius 1 is 0.867 bits per heavy atom. The van der Waals surface area contributed by atoms with Gasteiger partial charge < -0.3 is 18.8 Å². The van der Waals surface area contributed by atoms with Crippen molar-refractivity contribution in [3.05, 3.63) is 90.1 Å². The van der Waals surface area contributed by atoms with Crippen LogP contribution < -0.4 is 14.2 Å². The molecule has 0 unspecified atom stereocenters. The normalized spacial score (nSPS) is 10.7.